The molecule has 0 fully saturated rings. The van der Waals surface area contributed by atoms with Crippen molar-refractivity contribution < 1.29 is 4.74 Å². The molecule has 0 bridgehead atoms. The second-order valence-corrected chi connectivity index (χ2v) is 6.49. The Labute approximate surface area is 148 Å². The molecular weight excluding hydrogens is 308 g/mol. The van der Waals surface area contributed by atoms with Crippen LogP contribution in [0.4, 0.5) is 0 Å². The maximum absolute atomic E-state index is 7.56. The van der Waals surface area contributed by atoms with E-state index in [1.807, 2.05) is 30.3 Å². The summed E-state index contributed by atoms with van der Waals surface area (Å²) in [6.07, 6.45) is 2.52. The van der Waals surface area contributed by atoms with E-state index in [1.165, 1.54) is 17.3 Å². The fourth-order valence-corrected chi connectivity index (χ4v) is 3.58. The van der Waals surface area contributed by atoms with Crippen molar-refractivity contribution in [1.82, 2.24) is 4.90 Å². The van der Waals surface area contributed by atoms with E-state index >= 15 is 0 Å². The van der Waals surface area contributed by atoms with Gasteiger partial charge in [0.15, 0.2) is 0 Å². The van der Waals surface area contributed by atoms with Crippen molar-refractivity contribution in [3.8, 4) is 5.75 Å². The molecule has 1 N–H and O–H groups in total. The van der Waals surface area contributed by atoms with Crippen LogP contribution in [0.25, 0.3) is 10.8 Å². The van der Waals surface area contributed by atoms with Gasteiger partial charge in [-0.15, -0.1) is 0 Å². The Morgan fingerprint density at radius 3 is 2.52 bits per heavy atom. The second kappa shape index (κ2) is 7.08. The average Bonchev–Trinajstić information content (AvgIpc) is 2.68. The zero-order chi connectivity index (χ0) is 17.1. The summed E-state index contributed by atoms with van der Waals surface area (Å²) in [6, 6.07) is 20.8. The lowest BCUT2D eigenvalue weighted by Gasteiger charge is -2.28. The summed E-state index contributed by atoms with van der Waals surface area (Å²) >= 11 is 0. The molecule has 0 aliphatic carbocycles. The van der Waals surface area contributed by atoms with Crippen molar-refractivity contribution in [2.24, 2.45) is 0 Å². The minimum atomic E-state index is 0.677. The van der Waals surface area contributed by atoms with Crippen LogP contribution in [0.3, 0.4) is 0 Å². The molecule has 25 heavy (non-hydrogen) atoms. The predicted molar refractivity (Wildman–Crippen MR) is 103 cm³/mol. The average molecular weight is 330 g/mol. The Bertz CT molecular complexity index is 903. The van der Waals surface area contributed by atoms with E-state index in [0.29, 0.717) is 6.61 Å². The zero-order valence-electron chi connectivity index (χ0n) is 14.2. The minimum absolute atomic E-state index is 0.677. The van der Waals surface area contributed by atoms with Crippen molar-refractivity contribution >= 4 is 17.0 Å². The molecule has 0 saturated carbocycles. The number of rotatable bonds is 5. The lowest BCUT2D eigenvalue weighted by Crippen LogP contribution is -2.33. The number of nitrogens with one attached hydrogen (secondary N) is 1. The third-order valence-electron chi connectivity index (χ3n) is 4.95. The fraction of sp³-hybridized carbons (Fsp3) is 0.227. The van der Waals surface area contributed by atoms with Crippen LogP contribution >= 0.6 is 0 Å². The summed E-state index contributed by atoms with van der Waals surface area (Å²) in [5.74, 6) is 0.901. The summed E-state index contributed by atoms with van der Waals surface area (Å²) in [5, 5.41) is 9.70. The van der Waals surface area contributed by atoms with Crippen LogP contribution in [0.2, 0.25) is 0 Å². The molecule has 3 aromatic rings. The molecule has 0 atom stereocenters. The summed E-state index contributed by atoms with van der Waals surface area (Å²) in [6.45, 7) is 3.70. The van der Waals surface area contributed by atoms with Gasteiger partial charge in [0.05, 0.1) is 0 Å². The van der Waals surface area contributed by atoms with Crippen LogP contribution in [0.15, 0.2) is 60.7 Å². The first kappa shape index (κ1) is 15.9. The van der Waals surface area contributed by atoms with Gasteiger partial charge >= 0.3 is 0 Å². The van der Waals surface area contributed by atoms with E-state index in [9.17, 15) is 0 Å². The van der Waals surface area contributed by atoms with Gasteiger partial charge in [0.2, 0.25) is 0 Å². The monoisotopic (exact) mass is 330 g/mol. The van der Waals surface area contributed by atoms with Gasteiger partial charge < -0.3 is 10.1 Å². The van der Waals surface area contributed by atoms with Gasteiger partial charge in [0, 0.05) is 36.8 Å². The largest absolute Gasteiger partial charge is 0.492 e. The molecule has 1 heterocycles. The molecule has 1 aliphatic heterocycles. The van der Waals surface area contributed by atoms with Crippen molar-refractivity contribution in [2.45, 2.75) is 13.0 Å². The molecular formula is C22H22N2O. The van der Waals surface area contributed by atoms with E-state index in [0.717, 1.165) is 48.1 Å². The van der Waals surface area contributed by atoms with Gasteiger partial charge in [0.1, 0.15) is 12.4 Å². The Morgan fingerprint density at radius 1 is 0.920 bits per heavy atom. The van der Waals surface area contributed by atoms with E-state index < -0.39 is 0 Å². The van der Waals surface area contributed by atoms with Gasteiger partial charge in [0.25, 0.3) is 0 Å². The Kier molecular flexibility index (Phi) is 4.49. The highest BCUT2D eigenvalue weighted by atomic mass is 16.5. The molecule has 0 amide bonds. The van der Waals surface area contributed by atoms with E-state index in [-0.39, 0.29) is 0 Å². The Morgan fingerprint density at radius 2 is 1.68 bits per heavy atom. The Hall–Kier alpha value is -2.65. The van der Waals surface area contributed by atoms with E-state index in [1.54, 1.807) is 0 Å². The van der Waals surface area contributed by atoms with Crippen LogP contribution in [-0.4, -0.2) is 30.8 Å². The van der Waals surface area contributed by atoms with Crippen molar-refractivity contribution in [1.29, 1.82) is 5.41 Å². The maximum Gasteiger partial charge on any atom is 0.127 e. The first-order valence-electron chi connectivity index (χ1n) is 8.79. The van der Waals surface area contributed by atoms with Gasteiger partial charge in [-0.05, 0) is 35.1 Å². The molecule has 0 radical (unpaired) electrons. The number of nitrogens with zero attached hydrogens (tertiary/aromatic N) is 1. The number of fused-ring (bicyclic) bond motifs is 2. The normalized spacial score (nSPS) is 14.2. The highest BCUT2D eigenvalue weighted by Gasteiger charge is 2.15. The predicted octanol–water partition coefficient (Wildman–Crippen LogP) is 4.27. The number of ether oxygens (including phenoxy) is 1. The number of benzene rings is 3. The van der Waals surface area contributed by atoms with Crippen LogP contribution in [0, 0.1) is 5.41 Å². The van der Waals surface area contributed by atoms with E-state index in [4.69, 9.17) is 10.1 Å². The third-order valence-corrected chi connectivity index (χ3v) is 4.95. The first-order chi connectivity index (χ1) is 12.3. The smallest absolute Gasteiger partial charge is 0.127 e. The van der Waals surface area contributed by atoms with Crippen molar-refractivity contribution in [3.05, 3.63) is 77.4 Å². The summed E-state index contributed by atoms with van der Waals surface area (Å²) < 4.78 is 6.09. The molecule has 0 saturated heterocycles. The molecule has 3 heteroatoms. The zero-order valence-corrected chi connectivity index (χ0v) is 14.2. The Balaban J connectivity index is 1.43. The summed E-state index contributed by atoms with van der Waals surface area (Å²) in [7, 11) is 0. The molecule has 126 valence electrons. The van der Waals surface area contributed by atoms with Gasteiger partial charge in [-0.3, -0.25) is 4.90 Å². The van der Waals surface area contributed by atoms with Crippen LogP contribution in [0.1, 0.15) is 16.7 Å². The highest BCUT2D eigenvalue weighted by molar-refractivity contribution is 6.01. The van der Waals surface area contributed by atoms with Gasteiger partial charge in [-0.1, -0.05) is 48.5 Å². The number of hydrogen-bond acceptors (Lipinski definition) is 3. The third kappa shape index (κ3) is 3.28. The standard InChI is InChI=1S/C22H22N2O/c23-15-18-9-10-22(21-8-4-3-7-20(18)21)25-14-13-24-12-11-17-5-1-2-6-19(17)16-24/h1-10,15,23H,11-14,16H2. The van der Waals surface area contributed by atoms with Crippen LogP contribution < -0.4 is 4.74 Å². The maximum atomic E-state index is 7.56. The first-order valence-corrected chi connectivity index (χ1v) is 8.79. The quantitative estimate of drug-likeness (QED) is 0.709. The fourth-order valence-electron chi connectivity index (χ4n) is 3.58. The molecule has 0 spiro atoms. The van der Waals surface area contributed by atoms with Crippen molar-refractivity contribution in [2.75, 3.05) is 19.7 Å². The SMILES string of the molecule is N=Cc1ccc(OCCN2CCc3ccccc3C2)c2ccccc12. The highest BCUT2D eigenvalue weighted by Crippen LogP contribution is 2.28. The van der Waals surface area contributed by atoms with Crippen molar-refractivity contribution in [3.63, 3.8) is 0 Å². The second-order valence-electron chi connectivity index (χ2n) is 6.49. The van der Waals surface area contributed by atoms with Gasteiger partial charge in [-0.25, -0.2) is 0 Å². The minimum Gasteiger partial charge on any atom is -0.492 e. The molecule has 0 aromatic heterocycles. The molecule has 3 aromatic carbocycles. The topological polar surface area (TPSA) is 36.3 Å². The summed E-state index contributed by atoms with van der Waals surface area (Å²) in [4.78, 5) is 2.45. The van der Waals surface area contributed by atoms with E-state index in [2.05, 4.69) is 35.2 Å². The lowest BCUT2D eigenvalue weighted by atomic mass is 10.0. The number of hydrogen-bond donors (Lipinski definition) is 1. The van der Waals surface area contributed by atoms with Crippen LogP contribution in [-0.2, 0) is 13.0 Å². The molecule has 3 nitrogen and oxygen atoms in total. The molecule has 0 unspecified atom stereocenters. The van der Waals surface area contributed by atoms with Gasteiger partial charge in [-0.2, -0.15) is 0 Å². The molecule has 1 aliphatic rings. The summed E-state index contributed by atoms with van der Waals surface area (Å²) in [5.41, 5.74) is 3.85. The van der Waals surface area contributed by atoms with Crippen LogP contribution in [0.5, 0.6) is 5.75 Å². The lowest BCUT2D eigenvalue weighted by molar-refractivity contribution is 0.197. The molecule has 4 rings (SSSR count).